The highest BCUT2D eigenvalue weighted by Gasteiger charge is 2.21. The van der Waals surface area contributed by atoms with Gasteiger partial charge in [-0.2, -0.15) is 0 Å². The molecule has 0 spiro atoms. The van der Waals surface area contributed by atoms with E-state index in [4.69, 9.17) is 23.2 Å². The smallest absolute Gasteiger partial charge is 0.267 e. The van der Waals surface area contributed by atoms with Crippen LogP contribution in [0, 0.1) is 0 Å². The van der Waals surface area contributed by atoms with Crippen molar-refractivity contribution in [3.63, 3.8) is 0 Å². The van der Waals surface area contributed by atoms with Gasteiger partial charge in [-0.25, -0.2) is 13.1 Å². The van der Waals surface area contributed by atoms with Crippen molar-refractivity contribution in [2.75, 3.05) is 5.32 Å². The quantitative estimate of drug-likeness (QED) is 0.875. The third-order valence-electron chi connectivity index (χ3n) is 2.57. The minimum atomic E-state index is -4.05. The summed E-state index contributed by atoms with van der Waals surface area (Å²) in [5.41, 5.74) is 0.551. The first-order chi connectivity index (χ1) is 10.3. The molecular formula is C13H11Cl2N3O3S. The first kappa shape index (κ1) is 16.5. The molecule has 1 aromatic heterocycles. The van der Waals surface area contributed by atoms with Gasteiger partial charge >= 0.3 is 0 Å². The van der Waals surface area contributed by atoms with Crippen LogP contribution in [-0.2, 0) is 14.8 Å². The normalized spacial score (nSPS) is 11.0. The van der Waals surface area contributed by atoms with E-state index in [9.17, 15) is 13.2 Å². The van der Waals surface area contributed by atoms with Gasteiger partial charge in [0.2, 0.25) is 5.91 Å². The fourth-order valence-electron chi connectivity index (χ4n) is 1.69. The topological polar surface area (TPSA) is 88.2 Å². The van der Waals surface area contributed by atoms with Crippen LogP contribution in [0.5, 0.6) is 0 Å². The third-order valence-corrected chi connectivity index (χ3v) is 4.67. The van der Waals surface area contributed by atoms with Gasteiger partial charge in [0.05, 0.1) is 21.4 Å². The molecule has 1 amide bonds. The maximum atomic E-state index is 12.1. The number of hydrogen-bond acceptors (Lipinski definition) is 5. The molecule has 2 N–H and O–H groups in total. The molecule has 0 saturated carbocycles. The summed E-state index contributed by atoms with van der Waals surface area (Å²) in [6, 6.07) is 6.32. The van der Waals surface area contributed by atoms with Crippen molar-refractivity contribution in [2.24, 2.45) is 0 Å². The number of amides is 1. The Hall–Kier alpha value is -1.83. The Bertz CT molecular complexity index is 805. The molecule has 22 heavy (non-hydrogen) atoms. The molecule has 0 radical (unpaired) electrons. The minimum absolute atomic E-state index is 0.193. The Labute approximate surface area is 137 Å². The van der Waals surface area contributed by atoms with Crippen LogP contribution in [0.15, 0.2) is 41.6 Å². The molecule has 1 heterocycles. The Morgan fingerprint density at radius 2 is 1.82 bits per heavy atom. The maximum absolute atomic E-state index is 12.1. The maximum Gasteiger partial charge on any atom is 0.267 e. The molecule has 0 aliphatic heterocycles. The lowest BCUT2D eigenvalue weighted by atomic mass is 10.3. The minimum Gasteiger partial charge on any atom is -0.352 e. The number of aromatic nitrogens is 1. The number of nitrogens with one attached hydrogen (secondary N) is 2. The summed E-state index contributed by atoms with van der Waals surface area (Å²) in [6.45, 7) is 1.10. The lowest BCUT2D eigenvalue weighted by Gasteiger charge is -2.14. The number of carbonyl (C=O) groups is 1. The summed E-state index contributed by atoms with van der Waals surface area (Å²) < 4.78 is 26.2. The number of sulfonamides is 1. The highest BCUT2D eigenvalue weighted by molar-refractivity contribution is 7.90. The number of benzene rings is 1. The number of pyridine rings is 1. The fraction of sp³-hybridized carbons (Fsp3) is 0.0769. The van der Waals surface area contributed by atoms with E-state index >= 15 is 0 Å². The monoisotopic (exact) mass is 359 g/mol. The summed E-state index contributed by atoms with van der Waals surface area (Å²) in [6.07, 6.45) is 2.53. The number of anilines is 2. The molecule has 116 valence electrons. The van der Waals surface area contributed by atoms with Crippen molar-refractivity contribution in [1.29, 1.82) is 0 Å². The number of para-hydroxylation sites is 1. The molecule has 0 unspecified atom stereocenters. The average molecular weight is 360 g/mol. The molecule has 6 nitrogen and oxygen atoms in total. The van der Waals surface area contributed by atoms with E-state index in [0.29, 0.717) is 15.7 Å². The van der Waals surface area contributed by atoms with Gasteiger partial charge in [-0.15, -0.1) is 0 Å². The Morgan fingerprint density at radius 3 is 2.41 bits per heavy atom. The second-order valence-electron chi connectivity index (χ2n) is 4.26. The lowest BCUT2D eigenvalue weighted by Crippen LogP contribution is -2.28. The van der Waals surface area contributed by atoms with E-state index in [-0.39, 0.29) is 10.6 Å². The largest absolute Gasteiger partial charge is 0.352 e. The van der Waals surface area contributed by atoms with Crippen LogP contribution in [0.1, 0.15) is 6.92 Å². The molecule has 0 atom stereocenters. The van der Waals surface area contributed by atoms with Gasteiger partial charge in [-0.1, -0.05) is 29.3 Å². The first-order valence-electron chi connectivity index (χ1n) is 5.99. The first-order valence-corrected chi connectivity index (χ1v) is 8.23. The van der Waals surface area contributed by atoms with E-state index in [1.165, 1.54) is 12.3 Å². The van der Waals surface area contributed by atoms with Crippen molar-refractivity contribution >= 4 is 50.5 Å². The molecule has 2 aromatic rings. The Balaban J connectivity index is 2.48. The number of rotatable bonds is 4. The van der Waals surface area contributed by atoms with Crippen LogP contribution < -0.4 is 10.0 Å². The molecule has 1 aromatic carbocycles. The predicted octanol–water partition coefficient (Wildman–Crippen LogP) is 2.96. The molecular weight excluding hydrogens is 349 g/mol. The number of nitrogens with zero attached hydrogens (tertiary/aromatic N) is 1. The van der Waals surface area contributed by atoms with Gasteiger partial charge in [0.15, 0.2) is 0 Å². The van der Waals surface area contributed by atoms with Crippen LogP contribution in [0.2, 0.25) is 10.0 Å². The zero-order valence-electron chi connectivity index (χ0n) is 11.3. The van der Waals surface area contributed by atoms with Gasteiger partial charge in [0, 0.05) is 19.3 Å². The zero-order valence-corrected chi connectivity index (χ0v) is 13.6. The Morgan fingerprint density at radius 1 is 1.18 bits per heavy atom. The van der Waals surface area contributed by atoms with E-state index in [1.807, 2.05) is 4.72 Å². The highest BCUT2D eigenvalue weighted by Crippen LogP contribution is 2.34. The second kappa shape index (κ2) is 6.51. The van der Waals surface area contributed by atoms with Crippen molar-refractivity contribution in [3.8, 4) is 0 Å². The molecule has 0 fully saturated rings. The summed E-state index contributed by atoms with van der Waals surface area (Å²) >= 11 is 12.1. The standard InChI is InChI=1S/C13H11Cl2N3O3S/c1-8(19)18-22(20,21)12-7-16-6-5-11(12)17-13-9(14)3-2-4-10(13)15/h2-7H,1H3,(H,16,17)(H,18,19). The number of carbonyl (C=O) groups excluding carboxylic acids is 1. The van der Waals surface area contributed by atoms with Crippen molar-refractivity contribution < 1.29 is 13.2 Å². The van der Waals surface area contributed by atoms with Crippen molar-refractivity contribution in [2.45, 2.75) is 11.8 Å². The van der Waals surface area contributed by atoms with Gasteiger partial charge in [-0.3, -0.25) is 9.78 Å². The van der Waals surface area contributed by atoms with E-state index < -0.39 is 15.9 Å². The van der Waals surface area contributed by atoms with E-state index in [1.54, 1.807) is 18.2 Å². The lowest BCUT2D eigenvalue weighted by molar-refractivity contribution is -0.117. The number of halogens is 2. The SMILES string of the molecule is CC(=O)NS(=O)(=O)c1cnccc1Nc1c(Cl)cccc1Cl. The van der Waals surface area contributed by atoms with Crippen LogP contribution in [0.3, 0.4) is 0 Å². The molecule has 0 aliphatic carbocycles. The van der Waals surface area contributed by atoms with Crippen molar-refractivity contribution in [3.05, 3.63) is 46.7 Å². The molecule has 0 aliphatic rings. The highest BCUT2D eigenvalue weighted by atomic mass is 35.5. The summed E-state index contributed by atoms with van der Waals surface area (Å²) in [7, 11) is -4.05. The summed E-state index contributed by atoms with van der Waals surface area (Å²) in [5.74, 6) is -0.703. The summed E-state index contributed by atoms with van der Waals surface area (Å²) in [4.78, 5) is 14.6. The van der Waals surface area contributed by atoms with Gasteiger partial charge < -0.3 is 5.32 Å². The molecule has 0 bridgehead atoms. The second-order valence-corrected chi connectivity index (χ2v) is 6.72. The Kier molecular flexibility index (Phi) is 4.90. The van der Waals surface area contributed by atoms with E-state index in [2.05, 4.69) is 10.3 Å². The molecule has 9 heteroatoms. The average Bonchev–Trinajstić information content (AvgIpc) is 2.42. The van der Waals surface area contributed by atoms with Gasteiger partial charge in [0.1, 0.15) is 4.90 Å². The third kappa shape index (κ3) is 3.68. The summed E-state index contributed by atoms with van der Waals surface area (Å²) in [5, 5.41) is 3.51. The van der Waals surface area contributed by atoms with Gasteiger partial charge in [-0.05, 0) is 18.2 Å². The van der Waals surface area contributed by atoms with Crippen LogP contribution in [-0.4, -0.2) is 19.3 Å². The van der Waals surface area contributed by atoms with Crippen LogP contribution in [0.4, 0.5) is 11.4 Å². The molecule has 2 rings (SSSR count). The van der Waals surface area contributed by atoms with Crippen LogP contribution in [0.25, 0.3) is 0 Å². The van der Waals surface area contributed by atoms with Crippen molar-refractivity contribution in [1.82, 2.24) is 9.71 Å². The fourth-order valence-corrected chi connectivity index (χ4v) is 3.28. The van der Waals surface area contributed by atoms with E-state index in [0.717, 1.165) is 13.1 Å². The van der Waals surface area contributed by atoms with Gasteiger partial charge in [0.25, 0.3) is 10.0 Å². The number of hydrogen-bond donors (Lipinski definition) is 2. The zero-order chi connectivity index (χ0) is 16.3. The predicted molar refractivity (Wildman–Crippen MR) is 85.0 cm³/mol. The molecule has 0 saturated heterocycles. The van der Waals surface area contributed by atoms with Crippen LogP contribution >= 0.6 is 23.2 Å².